The van der Waals surface area contributed by atoms with Crippen molar-refractivity contribution in [3.8, 4) is 0 Å². The quantitative estimate of drug-likeness (QED) is 0.715. The van der Waals surface area contributed by atoms with E-state index in [-0.39, 0.29) is 0 Å². The molecule has 1 aromatic heterocycles. The zero-order chi connectivity index (χ0) is 14.1. The van der Waals surface area contributed by atoms with Gasteiger partial charge in [0.1, 0.15) is 0 Å². The van der Waals surface area contributed by atoms with Crippen molar-refractivity contribution in [3.05, 3.63) is 65.4 Å². The number of rotatable bonds is 3. The normalized spacial score (nSPS) is 14.1. The number of para-hydroxylation sites is 1. The fourth-order valence-electron chi connectivity index (χ4n) is 3.42. The monoisotopic (exact) mass is 276 g/mol. The van der Waals surface area contributed by atoms with Crippen LogP contribution < -0.4 is 5.32 Å². The lowest BCUT2D eigenvalue weighted by Crippen LogP contribution is -2.08. The van der Waals surface area contributed by atoms with Crippen LogP contribution >= 0.6 is 0 Å². The number of aromatic amines is 1. The second kappa shape index (κ2) is 5.28. The largest absolute Gasteiger partial charge is 0.381 e. The first-order valence-corrected chi connectivity index (χ1v) is 7.81. The molecular formula is C19H20N2. The van der Waals surface area contributed by atoms with E-state index in [4.69, 9.17) is 0 Å². The van der Waals surface area contributed by atoms with Gasteiger partial charge < -0.3 is 10.3 Å². The van der Waals surface area contributed by atoms with Crippen LogP contribution in [0, 0.1) is 0 Å². The van der Waals surface area contributed by atoms with E-state index in [1.165, 1.54) is 59.0 Å². The molecule has 2 heteroatoms. The van der Waals surface area contributed by atoms with Crippen molar-refractivity contribution in [2.45, 2.75) is 32.2 Å². The average molecular weight is 276 g/mol. The summed E-state index contributed by atoms with van der Waals surface area (Å²) in [5, 5.41) is 4.96. The molecule has 1 heterocycles. The van der Waals surface area contributed by atoms with Crippen LogP contribution in [0.1, 0.15) is 29.5 Å². The summed E-state index contributed by atoms with van der Waals surface area (Å²) in [5.74, 6) is 0. The van der Waals surface area contributed by atoms with E-state index in [0.29, 0.717) is 0 Å². The van der Waals surface area contributed by atoms with Crippen molar-refractivity contribution >= 4 is 16.6 Å². The summed E-state index contributed by atoms with van der Waals surface area (Å²) in [7, 11) is 0. The Hall–Kier alpha value is -2.22. The fourth-order valence-corrected chi connectivity index (χ4v) is 3.42. The molecule has 0 saturated heterocycles. The lowest BCUT2D eigenvalue weighted by molar-refractivity contribution is 0.686. The molecule has 3 aromatic rings. The predicted molar refractivity (Wildman–Crippen MR) is 88.7 cm³/mol. The van der Waals surface area contributed by atoms with E-state index in [0.717, 1.165) is 6.54 Å². The van der Waals surface area contributed by atoms with Crippen LogP contribution in [0.15, 0.2) is 48.7 Å². The Labute approximate surface area is 125 Å². The van der Waals surface area contributed by atoms with E-state index in [9.17, 15) is 0 Å². The highest BCUT2D eigenvalue weighted by molar-refractivity contribution is 5.83. The summed E-state index contributed by atoms with van der Waals surface area (Å²) < 4.78 is 0. The van der Waals surface area contributed by atoms with Crippen LogP contribution in [0.2, 0.25) is 0 Å². The van der Waals surface area contributed by atoms with E-state index in [2.05, 4.69) is 59.0 Å². The molecule has 1 aliphatic rings. The second-order valence-electron chi connectivity index (χ2n) is 5.86. The minimum absolute atomic E-state index is 0.875. The molecule has 0 amide bonds. The molecular weight excluding hydrogens is 256 g/mol. The summed E-state index contributed by atoms with van der Waals surface area (Å²) in [6.07, 6.45) is 7.22. The predicted octanol–water partition coefficient (Wildman–Crippen LogP) is 4.66. The SMILES string of the molecule is c1cc2c(c(NCc3c[nH]c4ccccc34)c1)CCCC2. The van der Waals surface area contributed by atoms with E-state index in [1.54, 1.807) is 0 Å². The van der Waals surface area contributed by atoms with Gasteiger partial charge in [-0.25, -0.2) is 0 Å². The number of aromatic nitrogens is 1. The Kier molecular flexibility index (Phi) is 3.15. The minimum Gasteiger partial charge on any atom is -0.381 e. The van der Waals surface area contributed by atoms with Gasteiger partial charge in [-0.15, -0.1) is 0 Å². The number of hydrogen-bond donors (Lipinski definition) is 2. The van der Waals surface area contributed by atoms with Crippen molar-refractivity contribution in [1.29, 1.82) is 0 Å². The highest BCUT2D eigenvalue weighted by Gasteiger charge is 2.12. The zero-order valence-electron chi connectivity index (χ0n) is 12.2. The summed E-state index contributed by atoms with van der Waals surface area (Å²) in [6, 6.07) is 15.2. The molecule has 0 fully saturated rings. The number of benzene rings is 2. The van der Waals surface area contributed by atoms with Gasteiger partial charge >= 0.3 is 0 Å². The zero-order valence-corrected chi connectivity index (χ0v) is 12.2. The van der Waals surface area contributed by atoms with Gasteiger partial charge in [0.25, 0.3) is 0 Å². The van der Waals surface area contributed by atoms with Crippen LogP contribution in [-0.2, 0) is 19.4 Å². The number of nitrogens with one attached hydrogen (secondary N) is 2. The average Bonchev–Trinajstić information content (AvgIpc) is 2.96. The Balaban J connectivity index is 1.60. The van der Waals surface area contributed by atoms with Crippen molar-refractivity contribution in [2.75, 3.05) is 5.32 Å². The molecule has 0 bridgehead atoms. The molecule has 0 atom stereocenters. The number of fused-ring (bicyclic) bond motifs is 2. The van der Waals surface area contributed by atoms with Gasteiger partial charge in [-0.2, -0.15) is 0 Å². The molecule has 2 nitrogen and oxygen atoms in total. The summed E-state index contributed by atoms with van der Waals surface area (Å²) in [4.78, 5) is 3.35. The molecule has 2 aromatic carbocycles. The lowest BCUT2D eigenvalue weighted by atomic mass is 9.90. The number of H-pyrrole nitrogens is 1. The highest BCUT2D eigenvalue weighted by Crippen LogP contribution is 2.28. The second-order valence-corrected chi connectivity index (χ2v) is 5.86. The molecule has 2 N–H and O–H groups in total. The Morgan fingerprint density at radius 3 is 2.86 bits per heavy atom. The first-order chi connectivity index (χ1) is 10.4. The van der Waals surface area contributed by atoms with Crippen molar-refractivity contribution in [3.63, 3.8) is 0 Å². The van der Waals surface area contributed by atoms with Gasteiger partial charge in [-0.05, 0) is 54.5 Å². The molecule has 0 aliphatic heterocycles. The molecule has 1 aliphatic carbocycles. The lowest BCUT2D eigenvalue weighted by Gasteiger charge is -2.20. The molecule has 0 saturated carbocycles. The molecule has 0 unspecified atom stereocenters. The first kappa shape index (κ1) is 12.5. The third-order valence-corrected chi connectivity index (χ3v) is 4.54. The number of anilines is 1. The highest BCUT2D eigenvalue weighted by atomic mass is 14.9. The third-order valence-electron chi connectivity index (χ3n) is 4.54. The van der Waals surface area contributed by atoms with Gasteiger partial charge in [0, 0.05) is 29.3 Å². The third kappa shape index (κ3) is 2.31. The summed E-state index contributed by atoms with van der Waals surface area (Å²) in [5.41, 5.74) is 6.93. The van der Waals surface area contributed by atoms with Crippen LogP contribution in [0.3, 0.4) is 0 Å². The summed E-state index contributed by atoms with van der Waals surface area (Å²) >= 11 is 0. The molecule has 21 heavy (non-hydrogen) atoms. The fraction of sp³-hybridized carbons (Fsp3) is 0.263. The smallest absolute Gasteiger partial charge is 0.0457 e. The molecule has 4 rings (SSSR count). The number of hydrogen-bond acceptors (Lipinski definition) is 1. The van der Waals surface area contributed by atoms with Crippen LogP contribution in [0.4, 0.5) is 5.69 Å². The molecule has 106 valence electrons. The topological polar surface area (TPSA) is 27.8 Å². The maximum absolute atomic E-state index is 3.65. The van der Waals surface area contributed by atoms with Gasteiger partial charge in [0.2, 0.25) is 0 Å². The van der Waals surface area contributed by atoms with Crippen molar-refractivity contribution in [2.24, 2.45) is 0 Å². The van der Waals surface area contributed by atoms with Gasteiger partial charge in [-0.1, -0.05) is 30.3 Å². The maximum atomic E-state index is 3.65. The van der Waals surface area contributed by atoms with Gasteiger partial charge in [0.15, 0.2) is 0 Å². The first-order valence-electron chi connectivity index (χ1n) is 7.81. The van der Waals surface area contributed by atoms with Crippen LogP contribution in [-0.4, -0.2) is 4.98 Å². The summed E-state index contributed by atoms with van der Waals surface area (Å²) in [6.45, 7) is 0.875. The van der Waals surface area contributed by atoms with Crippen molar-refractivity contribution < 1.29 is 0 Å². The number of aryl methyl sites for hydroxylation is 1. The Morgan fingerprint density at radius 1 is 0.952 bits per heavy atom. The van der Waals surface area contributed by atoms with Crippen LogP contribution in [0.25, 0.3) is 10.9 Å². The van der Waals surface area contributed by atoms with E-state index in [1.807, 2.05) is 0 Å². The minimum atomic E-state index is 0.875. The molecule has 0 radical (unpaired) electrons. The van der Waals surface area contributed by atoms with Crippen molar-refractivity contribution in [1.82, 2.24) is 4.98 Å². The Morgan fingerprint density at radius 2 is 1.86 bits per heavy atom. The standard InChI is InChI=1S/C19H20N2/c1-2-8-16-14(6-1)7-5-11-19(16)21-13-15-12-20-18-10-4-3-9-17(15)18/h3-5,7,9-12,20-21H,1-2,6,8,13H2. The maximum Gasteiger partial charge on any atom is 0.0457 e. The van der Waals surface area contributed by atoms with E-state index < -0.39 is 0 Å². The molecule has 0 spiro atoms. The Bertz CT molecular complexity index is 770. The van der Waals surface area contributed by atoms with Gasteiger partial charge in [0.05, 0.1) is 0 Å². The van der Waals surface area contributed by atoms with E-state index >= 15 is 0 Å². The van der Waals surface area contributed by atoms with Gasteiger partial charge in [-0.3, -0.25) is 0 Å². The van der Waals surface area contributed by atoms with Crippen LogP contribution in [0.5, 0.6) is 0 Å².